The molecule has 0 aliphatic heterocycles. The molecule has 0 amide bonds. The van der Waals surface area contributed by atoms with Gasteiger partial charge in [0.1, 0.15) is 11.4 Å². The van der Waals surface area contributed by atoms with Crippen LogP contribution in [0.2, 0.25) is 0 Å². The lowest BCUT2D eigenvalue weighted by Gasteiger charge is -1.98. The largest absolute Gasteiger partial charge is 0.464 e. The van der Waals surface area contributed by atoms with E-state index in [0.717, 1.165) is 0 Å². The maximum absolute atomic E-state index is 13.4. The lowest BCUT2D eigenvalue weighted by Crippen LogP contribution is -1.99. The van der Waals surface area contributed by atoms with Crippen molar-refractivity contribution in [3.8, 4) is 0 Å². The van der Waals surface area contributed by atoms with Gasteiger partial charge in [-0.3, -0.25) is 0 Å². The molecule has 2 nitrogen and oxygen atoms in total. The Morgan fingerprint density at radius 3 is 2.92 bits per heavy atom. The van der Waals surface area contributed by atoms with Crippen LogP contribution in [0.3, 0.4) is 0 Å². The van der Waals surface area contributed by atoms with Gasteiger partial charge in [0.15, 0.2) is 0 Å². The standard InChI is InChI=1S/C9H8FNO/c10-9-6(5-11)1-2-8-7(9)3-4-12-8/h1-4H,5,11H2. The predicted molar refractivity (Wildman–Crippen MR) is 44.1 cm³/mol. The molecule has 0 atom stereocenters. The van der Waals surface area contributed by atoms with Crippen molar-refractivity contribution in [2.75, 3.05) is 0 Å². The third-order valence-electron chi connectivity index (χ3n) is 1.87. The SMILES string of the molecule is NCc1ccc2occc2c1F. The summed E-state index contributed by atoms with van der Waals surface area (Å²) in [7, 11) is 0. The maximum Gasteiger partial charge on any atom is 0.138 e. The van der Waals surface area contributed by atoms with Crippen molar-refractivity contribution >= 4 is 11.0 Å². The Hall–Kier alpha value is -1.35. The molecule has 1 aromatic carbocycles. The summed E-state index contributed by atoms with van der Waals surface area (Å²) in [6.07, 6.45) is 1.47. The van der Waals surface area contributed by atoms with Crippen LogP contribution in [-0.4, -0.2) is 0 Å². The van der Waals surface area contributed by atoms with Gasteiger partial charge < -0.3 is 10.2 Å². The van der Waals surface area contributed by atoms with Crippen LogP contribution in [0, 0.1) is 5.82 Å². The highest BCUT2D eigenvalue weighted by atomic mass is 19.1. The Morgan fingerprint density at radius 1 is 1.33 bits per heavy atom. The zero-order chi connectivity index (χ0) is 8.55. The third-order valence-corrected chi connectivity index (χ3v) is 1.87. The first-order valence-electron chi connectivity index (χ1n) is 3.67. The molecule has 1 heterocycles. The summed E-state index contributed by atoms with van der Waals surface area (Å²) in [5.41, 5.74) is 6.42. The minimum atomic E-state index is -0.274. The second-order valence-corrected chi connectivity index (χ2v) is 2.58. The Kier molecular flexibility index (Phi) is 1.59. The van der Waals surface area contributed by atoms with E-state index in [-0.39, 0.29) is 12.4 Å². The molecule has 62 valence electrons. The zero-order valence-corrected chi connectivity index (χ0v) is 6.38. The van der Waals surface area contributed by atoms with Gasteiger partial charge in [0.25, 0.3) is 0 Å². The minimum Gasteiger partial charge on any atom is -0.464 e. The van der Waals surface area contributed by atoms with Crippen LogP contribution in [0.5, 0.6) is 0 Å². The average Bonchev–Trinajstić information content (AvgIpc) is 2.53. The van der Waals surface area contributed by atoms with Gasteiger partial charge in [-0.25, -0.2) is 4.39 Å². The molecule has 0 fully saturated rings. The lowest BCUT2D eigenvalue weighted by atomic mass is 10.1. The number of furan rings is 1. The van der Waals surface area contributed by atoms with Crippen molar-refractivity contribution in [2.24, 2.45) is 5.73 Å². The third kappa shape index (κ3) is 0.905. The molecule has 0 saturated heterocycles. The van der Waals surface area contributed by atoms with Crippen molar-refractivity contribution in [2.45, 2.75) is 6.54 Å². The van der Waals surface area contributed by atoms with Gasteiger partial charge >= 0.3 is 0 Å². The zero-order valence-electron chi connectivity index (χ0n) is 6.38. The molecule has 2 N–H and O–H groups in total. The van der Waals surface area contributed by atoms with E-state index >= 15 is 0 Å². The number of rotatable bonds is 1. The van der Waals surface area contributed by atoms with Crippen LogP contribution in [0.4, 0.5) is 4.39 Å². The summed E-state index contributed by atoms with van der Waals surface area (Å²) in [6.45, 7) is 0.215. The number of fused-ring (bicyclic) bond motifs is 1. The summed E-state index contributed by atoms with van der Waals surface area (Å²) in [6, 6.07) is 4.96. The monoisotopic (exact) mass is 165 g/mol. The number of hydrogen-bond donors (Lipinski definition) is 1. The van der Waals surface area contributed by atoms with Crippen LogP contribution in [0.1, 0.15) is 5.56 Å². The lowest BCUT2D eigenvalue weighted by molar-refractivity contribution is 0.605. The maximum atomic E-state index is 13.4. The van der Waals surface area contributed by atoms with E-state index in [1.54, 1.807) is 18.2 Å². The summed E-state index contributed by atoms with van der Waals surface area (Å²) in [4.78, 5) is 0. The van der Waals surface area contributed by atoms with E-state index in [2.05, 4.69) is 0 Å². The van der Waals surface area contributed by atoms with Crippen molar-refractivity contribution in [1.82, 2.24) is 0 Å². The number of hydrogen-bond acceptors (Lipinski definition) is 2. The molecular weight excluding hydrogens is 157 g/mol. The van der Waals surface area contributed by atoms with Gasteiger partial charge in [0, 0.05) is 12.1 Å². The fourth-order valence-corrected chi connectivity index (χ4v) is 1.21. The first-order chi connectivity index (χ1) is 5.83. The van der Waals surface area contributed by atoms with Crippen LogP contribution in [0.25, 0.3) is 11.0 Å². The highest BCUT2D eigenvalue weighted by molar-refractivity contribution is 5.78. The predicted octanol–water partition coefficient (Wildman–Crippen LogP) is 2.03. The van der Waals surface area contributed by atoms with E-state index in [4.69, 9.17) is 10.2 Å². The van der Waals surface area contributed by atoms with Crippen molar-refractivity contribution in [1.29, 1.82) is 0 Å². The summed E-state index contributed by atoms with van der Waals surface area (Å²) in [5, 5.41) is 0.498. The molecule has 0 bridgehead atoms. The van der Waals surface area contributed by atoms with E-state index in [1.165, 1.54) is 6.26 Å². The molecule has 0 unspecified atom stereocenters. The Labute approximate surface area is 68.8 Å². The molecule has 1 aromatic heterocycles. The molecule has 0 saturated carbocycles. The first kappa shape index (κ1) is 7.31. The van der Waals surface area contributed by atoms with Crippen LogP contribution >= 0.6 is 0 Å². The molecular formula is C9H8FNO. The first-order valence-corrected chi connectivity index (χ1v) is 3.67. The van der Waals surface area contributed by atoms with Gasteiger partial charge in [-0.2, -0.15) is 0 Å². The van der Waals surface area contributed by atoms with Crippen molar-refractivity contribution in [3.05, 3.63) is 35.8 Å². The highest BCUT2D eigenvalue weighted by Gasteiger charge is 2.06. The Balaban J connectivity index is 2.78. The average molecular weight is 165 g/mol. The van der Waals surface area contributed by atoms with Crippen molar-refractivity contribution in [3.63, 3.8) is 0 Å². The number of halogens is 1. The van der Waals surface area contributed by atoms with Crippen LogP contribution < -0.4 is 5.73 Å². The quantitative estimate of drug-likeness (QED) is 0.702. The fraction of sp³-hybridized carbons (Fsp3) is 0.111. The molecule has 0 aliphatic rings. The second-order valence-electron chi connectivity index (χ2n) is 2.58. The number of benzene rings is 1. The smallest absolute Gasteiger partial charge is 0.138 e. The highest BCUT2D eigenvalue weighted by Crippen LogP contribution is 2.21. The van der Waals surface area contributed by atoms with Gasteiger partial charge in [-0.15, -0.1) is 0 Å². The van der Waals surface area contributed by atoms with E-state index in [9.17, 15) is 4.39 Å². The molecule has 0 spiro atoms. The van der Waals surface area contributed by atoms with Gasteiger partial charge in [0.2, 0.25) is 0 Å². The normalized spacial score (nSPS) is 10.8. The molecule has 3 heteroatoms. The number of nitrogens with two attached hydrogens (primary N) is 1. The van der Waals surface area contributed by atoms with Crippen LogP contribution in [-0.2, 0) is 6.54 Å². The Morgan fingerprint density at radius 2 is 2.17 bits per heavy atom. The van der Waals surface area contributed by atoms with Crippen LogP contribution in [0.15, 0.2) is 28.9 Å². The second kappa shape index (κ2) is 2.60. The Bertz CT molecular complexity index is 408. The van der Waals surface area contributed by atoms with E-state index in [1.807, 2.05) is 0 Å². The van der Waals surface area contributed by atoms with E-state index in [0.29, 0.717) is 16.5 Å². The molecule has 0 radical (unpaired) electrons. The summed E-state index contributed by atoms with van der Waals surface area (Å²) < 4.78 is 18.4. The van der Waals surface area contributed by atoms with Gasteiger partial charge in [-0.1, -0.05) is 6.07 Å². The topological polar surface area (TPSA) is 39.2 Å². The van der Waals surface area contributed by atoms with E-state index < -0.39 is 0 Å². The molecule has 2 aromatic rings. The van der Waals surface area contributed by atoms with Crippen molar-refractivity contribution < 1.29 is 8.81 Å². The van der Waals surface area contributed by atoms with Gasteiger partial charge in [-0.05, 0) is 12.1 Å². The van der Waals surface area contributed by atoms with Gasteiger partial charge in [0.05, 0.1) is 11.6 Å². The summed E-state index contributed by atoms with van der Waals surface area (Å²) >= 11 is 0. The molecule has 12 heavy (non-hydrogen) atoms. The minimum absolute atomic E-state index is 0.215. The molecule has 0 aliphatic carbocycles. The fourth-order valence-electron chi connectivity index (χ4n) is 1.21. The summed E-state index contributed by atoms with van der Waals surface area (Å²) in [5.74, 6) is -0.274. The molecule has 2 rings (SSSR count).